The number of nitrogens with zero attached hydrogens (tertiary/aromatic N) is 3. The number of nitrogens with one attached hydrogen (secondary N) is 1. The number of anilines is 1. The molecule has 1 aliphatic carbocycles. The van der Waals surface area contributed by atoms with Gasteiger partial charge in [0, 0.05) is 24.5 Å². The maximum absolute atomic E-state index is 13.2. The Bertz CT molecular complexity index is 795. The molecule has 3 aliphatic rings. The highest BCUT2D eigenvalue weighted by Gasteiger charge is 2.56. The van der Waals surface area contributed by atoms with E-state index >= 15 is 0 Å². The molecule has 24 heavy (non-hydrogen) atoms. The molecule has 2 aliphatic heterocycles. The summed E-state index contributed by atoms with van der Waals surface area (Å²) in [5.74, 6) is 1.16. The van der Waals surface area contributed by atoms with E-state index in [-0.39, 0.29) is 11.3 Å². The smallest absolute Gasteiger partial charge is 0.240 e. The summed E-state index contributed by atoms with van der Waals surface area (Å²) in [6.45, 7) is 2.18. The molecule has 1 N–H and O–H groups in total. The fraction of sp³-hybridized carbons (Fsp3) is 0.474. The van der Waals surface area contributed by atoms with Gasteiger partial charge >= 0.3 is 0 Å². The number of aromatic amines is 1. The summed E-state index contributed by atoms with van der Waals surface area (Å²) in [5.41, 5.74) is 4.38. The van der Waals surface area contributed by atoms with Crippen molar-refractivity contribution in [3.05, 3.63) is 47.0 Å². The van der Waals surface area contributed by atoms with Crippen LogP contribution in [0.1, 0.15) is 35.6 Å². The minimum Gasteiger partial charge on any atom is -0.344 e. The van der Waals surface area contributed by atoms with Gasteiger partial charge in [-0.1, -0.05) is 18.2 Å². The molecule has 1 fully saturated rings. The van der Waals surface area contributed by atoms with Crippen LogP contribution in [-0.2, 0) is 29.6 Å². The van der Waals surface area contributed by atoms with Crippen LogP contribution in [0.2, 0.25) is 0 Å². The Hall–Kier alpha value is -2.14. The van der Waals surface area contributed by atoms with Crippen LogP contribution in [0.3, 0.4) is 0 Å². The number of hydrogen-bond donors (Lipinski definition) is 1. The molecule has 5 heteroatoms. The summed E-state index contributed by atoms with van der Waals surface area (Å²) in [7, 11) is 2.07. The molecule has 2 aromatic rings. The molecule has 1 aromatic heterocycles. The molecule has 0 radical (unpaired) electrons. The van der Waals surface area contributed by atoms with Gasteiger partial charge in [-0.25, -0.2) is 4.98 Å². The van der Waals surface area contributed by atoms with E-state index < -0.39 is 0 Å². The third kappa shape index (κ3) is 1.85. The zero-order valence-corrected chi connectivity index (χ0v) is 14.0. The number of H-pyrrole nitrogens is 1. The standard InChI is InChI=1S/C19H22N4O/c1-22-11-19(12-22)13-6-2-5-9-16(13)23(18(19)24)10-17-20-14-7-3-4-8-15(14)21-17/h2,5-6,9H,3-4,7-8,10-12H2,1H3,(H,20,21). The van der Waals surface area contributed by atoms with Crippen molar-refractivity contribution in [2.75, 3.05) is 25.0 Å². The molecule has 1 spiro atoms. The van der Waals surface area contributed by atoms with Crippen molar-refractivity contribution in [3.8, 4) is 0 Å². The highest BCUT2D eigenvalue weighted by Crippen LogP contribution is 2.47. The number of rotatable bonds is 2. The predicted octanol–water partition coefficient (Wildman–Crippen LogP) is 2.02. The van der Waals surface area contributed by atoms with Crippen molar-refractivity contribution in [1.29, 1.82) is 0 Å². The van der Waals surface area contributed by atoms with E-state index in [0.29, 0.717) is 6.54 Å². The quantitative estimate of drug-likeness (QED) is 0.920. The number of aryl methyl sites for hydroxylation is 2. The van der Waals surface area contributed by atoms with Gasteiger partial charge in [0.25, 0.3) is 0 Å². The molecule has 0 bridgehead atoms. The van der Waals surface area contributed by atoms with Crippen LogP contribution in [0.4, 0.5) is 5.69 Å². The van der Waals surface area contributed by atoms with Crippen molar-refractivity contribution < 1.29 is 4.79 Å². The number of carbonyl (C=O) groups excluding carboxylic acids is 1. The van der Waals surface area contributed by atoms with Crippen molar-refractivity contribution in [2.24, 2.45) is 0 Å². The molecule has 5 rings (SSSR count). The normalized spacial score (nSPS) is 21.7. The van der Waals surface area contributed by atoms with Crippen LogP contribution < -0.4 is 4.90 Å². The number of benzene rings is 1. The Balaban J connectivity index is 1.50. The van der Waals surface area contributed by atoms with Crippen molar-refractivity contribution in [3.63, 3.8) is 0 Å². The summed E-state index contributed by atoms with van der Waals surface area (Å²) < 4.78 is 0. The number of hydrogen-bond acceptors (Lipinski definition) is 3. The zero-order chi connectivity index (χ0) is 16.3. The van der Waals surface area contributed by atoms with Gasteiger partial charge in [-0.3, -0.25) is 4.79 Å². The van der Waals surface area contributed by atoms with E-state index in [1.54, 1.807) is 0 Å². The Morgan fingerprint density at radius 2 is 2.00 bits per heavy atom. The van der Waals surface area contributed by atoms with Gasteiger partial charge in [-0.15, -0.1) is 0 Å². The minimum absolute atomic E-state index is 0.233. The molecular formula is C19H22N4O. The first-order valence-corrected chi connectivity index (χ1v) is 8.84. The molecule has 0 unspecified atom stereocenters. The lowest BCUT2D eigenvalue weighted by molar-refractivity contribution is -0.128. The Kier molecular flexibility index (Phi) is 2.92. The molecule has 1 aromatic carbocycles. The number of imidazole rings is 1. The van der Waals surface area contributed by atoms with E-state index in [4.69, 9.17) is 4.98 Å². The van der Waals surface area contributed by atoms with E-state index in [1.165, 1.54) is 29.8 Å². The molecule has 1 saturated heterocycles. The first-order valence-electron chi connectivity index (χ1n) is 8.84. The second-order valence-electron chi connectivity index (χ2n) is 7.48. The van der Waals surface area contributed by atoms with Gasteiger partial charge in [-0.05, 0) is 44.4 Å². The van der Waals surface area contributed by atoms with Crippen LogP contribution in [-0.4, -0.2) is 40.9 Å². The Labute approximate surface area is 141 Å². The SMILES string of the molecule is CN1CC2(C1)C(=O)N(Cc1nc3c([nH]1)CCCC3)c1ccccc12. The molecule has 0 atom stereocenters. The minimum atomic E-state index is -0.336. The first kappa shape index (κ1) is 14.2. The lowest BCUT2D eigenvalue weighted by Crippen LogP contribution is -2.62. The summed E-state index contributed by atoms with van der Waals surface area (Å²) in [4.78, 5) is 25.6. The first-order chi connectivity index (χ1) is 11.7. The molecule has 5 nitrogen and oxygen atoms in total. The fourth-order valence-electron chi connectivity index (χ4n) is 4.67. The number of carbonyl (C=O) groups is 1. The van der Waals surface area contributed by atoms with Gasteiger partial charge < -0.3 is 14.8 Å². The zero-order valence-electron chi connectivity index (χ0n) is 14.0. The summed E-state index contributed by atoms with van der Waals surface area (Å²) in [6.07, 6.45) is 4.60. The molecular weight excluding hydrogens is 300 g/mol. The summed E-state index contributed by atoms with van der Waals surface area (Å²) >= 11 is 0. The van der Waals surface area contributed by atoms with E-state index in [2.05, 4.69) is 29.1 Å². The average molecular weight is 322 g/mol. The van der Waals surface area contributed by atoms with E-state index in [0.717, 1.165) is 37.4 Å². The Morgan fingerprint density at radius 1 is 1.21 bits per heavy atom. The third-order valence-electron chi connectivity index (χ3n) is 5.76. The monoisotopic (exact) mass is 322 g/mol. The Morgan fingerprint density at radius 3 is 2.79 bits per heavy atom. The maximum atomic E-state index is 13.2. The fourth-order valence-corrected chi connectivity index (χ4v) is 4.67. The maximum Gasteiger partial charge on any atom is 0.240 e. The van der Waals surface area contributed by atoms with E-state index in [1.807, 2.05) is 17.0 Å². The number of likely N-dealkylation sites (tertiary alicyclic amines) is 1. The number of likely N-dealkylation sites (N-methyl/N-ethyl adjacent to an activating group) is 1. The topological polar surface area (TPSA) is 52.2 Å². The van der Waals surface area contributed by atoms with Gasteiger partial charge in [0.15, 0.2) is 0 Å². The number of aromatic nitrogens is 2. The van der Waals surface area contributed by atoms with Crippen LogP contribution in [0.25, 0.3) is 0 Å². The molecule has 0 saturated carbocycles. The highest BCUT2D eigenvalue weighted by atomic mass is 16.2. The van der Waals surface area contributed by atoms with Gasteiger partial charge in [-0.2, -0.15) is 0 Å². The van der Waals surface area contributed by atoms with Crippen molar-refractivity contribution in [2.45, 2.75) is 37.6 Å². The van der Waals surface area contributed by atoms with Crippen LogP contribution in [0, 0.1) is 0 Å². The van der Waals surface area contributed by atoms with Gasteiger partial charge in [0.2, 0.25) is 5.91 Å². The number of amides is 1. The lowest BCUT2D eigenvalue weighted by atomic mass is 9.75. The molecule has 124 valence electrons. The average Bonchev–Trinajstić information content (AvgIpc) is 3.07. The van der Waals surface area contributed by atoms with Gasteiger partial charge in [0.1, 0.15) is 11.2 Å². The van der Waals surface area contributed by atoms with Crippen molar-refractivity contribution in [1.82, 2.24) is 14.9 Å². The van der Waals surface area contributed by atoms with Gasteiger partial charge in [0.05, 0.1) is 12.2 Å². The van der Waals surface area contributed by atoms with Crippen LogP contribution >= 0.6 is 0 Å². The van der Waals surface area contributed by atoms with Crippen LogP contribution in [0.15, 0.2) is 24.3 Å². The lowest BCUT2D eigenvalue weighted by Gasteiger charge is -2.44. The predicted molar refractivity (Wildman–Crippen MR) is 92.0 cm³/mol. The highest BCUT2D eigenvalue weighted by molar-refractivity contribution is 6.09. The number of fused-ring (bicyclic) bond motifs is 3. The summed E-state index contributed by atoms with van der Waals surface area (Å²) in [6, 6.07) is 8.26. The molecule has 1 amide bonds. The molecule has 3 heterocycles. The van der Waals surface area contributed by atoms with E-state index in [9.17, 15) is 4.79 Å². The second kappa shape index (κ2) is 4.93. The second-order valence-corrected chi connectivity index (χ2v) is 7.48. The summed E-state index contributed by atoms with van der Waals surface area (Å²) in [5, 5.41) is 0. The third-order valence-corrected chi connectivity index (χ3v) is 5.76. The largest absolute Gasteiger partial charge is 0.344 e. The van der Waals surface area contributed by atoms with Crippen molar-refractivity contribution >= 4 is 11.6 Å². The van der Waals surface area contributed by atoms with Crippen LogP contribution in [0.5, 0.6) is 0 Å². The number of para-hydroxylation sites is 1.